The number of rotatable bonds is 7. The van der Waals surface area contributed by atoms with E-state index in [9.17, 15) is 4.39 Å². The molecular formula is C27H29FN4O. The largest absolute Gasteiger partial charge is 0.490 e. The summed E-state index contributed by atoms with van der Waals surface area (Å²) < 4.78 is 20.9. The molecule has 170 valence electrons. The summed E-state index contributed by atoms with van der Waals surface area (Å²) in [5.41, 5.74) is 6.27. The molecule has 2 aromatic rings. The first-order chi connectivity index (χ1) is 15.9. The second-order valence-electron chi connectivity index (χ2n) is 9.41. The minimum atomic E-state index is -0.368. The van der Waals surface area contributed by atoms with Gasteiger partial charge in [0.05, 0.1) is 18.5 Å². The molecular weight excluding hydrogens is 415 g/mol. The minimum Gasteiger partial charge on any atom is -0.490 e. The SMILES string of the molecule is C=C1C=C(CNCC(c2cc3c(c(-c4c(C)cncc4F)n2)OCC3C)C2CC2)C=CC1=N. The predicted octanol–water partition coefficient (Wildman–Crippen LogP) is 5.24. The molecule has 2 atom stereocenters. The highest BCUT2D eigenvalue weighted by atomic mass is 19.1. The maximum Gasteiger partial charge on any atom is 0.151 e. The number of aryl methyl sites for hydroxylation is 1. The number of fused-ring (bicyclic) bond motifs is 1. The van der Waals surface area contributed by atoms with Crippen molar-refractivity contribution < 1.29 is 9.13 Å². The summed E-state index contributed by atoms with van der Waals surface area (Å²) in [6.45, 7) is 10.0. The highest BCUT2D eigenvalue weighted by molar-refractivity contribution is 6.09. The zero-order chi connectivity index (χ0) is 23.1. The maximum atomic E-state index is 14.9. The van der Waals surface area contributed by atoms with Gasteiger partial charge in [0, 0.05) is 47.9 Å². The molecule has 0 spiro atoms. The van der Waals surface area contributed by atoms with Crippen LogP contribution in [0.4, 0.5) is 4.39 Å². The van der Waals surface area contributed by atoms with Crippen molar-refractivity contribution in [2.24, 2.45) is 5.92 Å². The molecule has 1 aliphatic heterocycles. The van der Waals surface area contributed by atoms with Crippen molar-refractivity contribution in [2.75, 3.05) is 19.7 Å². The van der Waals surface area contributed by atoms with Crippen molar-refractivity contribution in [3.05, 3.63) is 77.1 Å². The molecule has 2 aromatic heterocycles. The van der Waals surface area contributed by atoms with Crippen LogP contribution in [0.25, 0.3) is 11.3 Å². The topological polar surface area (TPSA) is 70.9 Å². The summed E-state index contributed by atoms with van der Waals surface area (Å²) in [6, 6.07) is 2.18. The number of hydrogen-bond donors (Lipinski definition) is 2. The molecule has 1 fully saturated rings. The molecule has 2 N–H and O–H groups in total. The lowest BCUT2D eigenvalue weighted by Crippen LogP contribution is -2.26. The Morgan fingerprint density at radius 2 is 2.12 bits per heavy atom. The Kier molecular flexibility index (Phi) is 5.71. The predicted molar refractivity (Wildman–Crippen MR) is 128 cm³/mol. The van der Waals surface area contributed by atoms with Crippen molar-refractivity contribution in [2.45, 2.75) is 38.5 Å². The fraction of sp³-hybridized carbons (Fsp3) is 0.370. The van der Waals surface area contributed by atoms with Crippen LogP contribution < -0.4 is 10.1 Å². The van der Waals surface area contributed by atoms with Gasteiger partial charge in [-0.2, -0.15) is 0 Å². The highest BCUT2D eigenvalue weighted by Gasteiger charge is 2.36. The standard InChI is InChI=1S/C27H29FN4O/c1-15-8-18(4-7-23(15)29)11-31-12-21(19-5-6-19)24-9-20-17(3)14-33-27(20)26(32-24)25-16(2)10-30-13-22(25)28/h4,7-10,13,17,19,21,29,31H,1,5-6,11-12,14H2,2-3H3. The summed E-state index contributed by atoms with van der Waals surface area (Å²) in [4.78, 5) is 9.00. The lowest BCUT2D eigenvalue weighted by atomic mass is 9.92. The van der Waals surface area contributed by atoms with Gasteiger partial charge in [0.1, 0.15) is 11.4 Å². The van der Waals surface area contributed by atoms with Gasteiger partial charge < -0.3 is 15.5 Å². The van der Waals surface area contributed by atoms with Gasteiger partial charge in [0.2, 0.25) is 0 Å². The molecule has 3 aliphatic rings. The molecule has 0 bridgehead atoms. The van der Waals surface area contributed by atoms with Crippen LogP contribution in [0.2, 0.25) is 0 Å². The monoisotopic (exact) mass is 444 g/mol. The zero-order valence-electron chi connectivity index (χ0n) is 19.1. The van der Waals surface area contributed by atoms with E-state index in [0.717, 1.165) is 34.5 Å². The molecule has 6 heteroatoms. The second-order valence-corrected chi connectivity index (χ2v) is 9.41. The van der Waals surface area contributed by atoms with E-state index in [0.29, 0.717) is 41.8 Å². The molecule has 2 unspecified atom stereocenters. The Labute approximate surface area is 194 Å². The average molecular weight is 445 g/mol. The molecule has 0 radical (unpaired) electrons. The third kappa shape index (κ3) is 4.27. The zero-order valence-corrected chi connectivity index (χ0v) is 19.1. The highest BCUT2D eigenvalue weighted by Crippen LogP contribution is 2.47. The second kappa shape index (κ2) is 8.67. The number of halogens is 1. The Balaban J connectivity index is 1.45. The van der Waals surface area contributed by atoms with E-state index in [1.54, 1.807) is 12.3 Å². The van der Waals surface area contributed by atoms with Crippen LogP contribution in [0, 0.1) is 24.1 Å². The van der Waals surface area contributed by atoms with Crippen LogP contribution in [0.5, 0.6) is 5.75 Å². The number of nitrogens with one attached hydrogen (secondary N) is 2. The summed E-state index contributed by atoms with van der Waals surface area (Å²) >= 11 is 0. The van der Waals surface area contributed by atoms with Gasteiger partial charge in [-0.05, 0) is 60.6 Å². The van der Waals surface area contributed by atoms with Crippen molar-refractivity contribution >= 4 is 5.71 Å². The summed E-state index contributed by atoms with van der Waals surface area (Å²) in [5, 5.41) is 11.4. The van der Waals surface area contributed by atoms with Gasteiger partial charge in [-0.1, -0.05) is 19.6 Å². The first-order valence-corrected chi connectivity index (χ1v) is 11.6. The third-order valence-corrected chi connectivity index (χ3v) is 6.79. The first-order valence-electron chi connectivity index (χ1n) is 11.6. The smallest absolute Gasteiger partial charge is 0.151 e. The van der Waals surface area contributed by atoms with Crippen LogP contribution in [-0.4, -0.2) is 35.4 Å². The van der Waals surface area contributed by atoms with Gasteiger partial charge in [-0.25, -0.2) is 9.37 Å². The van der Waals surface area contributed by atoms with E-state index in [-0.39, 0.29) is 17.7 Å². The van der Waals surface area contributed by atoms with E-state index < -0.39 is 0 Å². The molecule has 3 heterocycles. The Bertz CT molecular complexity index is 1170. The summed E-state index contributed by atoms with van der Waals surface area (Å²) in [7, 11) is 0. The van der Waals surface area contributed by atoms with E-state index in [4.69, 9.17) is 15.1 Å². The fourth-order valence-electron chi connectivity index (χ4n) is 4.72. The fourth-order valence-corrected chi connectivity index (χ4v) is 4.72. The third-order valence-electron chi connectivity index (χ3n) is 6.79. The van der Waals surface area contributed by atoms with Gasteiger partial charge in [0.25, 0.3) is 0 Å². The lowest BCUT2D eigenvalue weighted by molar-refractivity contribution is 0.337. The maximum absolute atomic E-state index is 14.9. The number of hydrogen-bond acceptors (Lipinski definition) is 5. The molecule has 1 saturated carbocycles. The van der Waals surface area contributed by atoms with Crippen LogP contribution in [0.15, 0.2) is 54.4 Å². The summed E-state index contributed by atoms with van der Waals surface area (Å²) in [6.07, 6.45) is 11.0. The van der Waals surface area contributed by atoms with Crippen molar-refractivity contribution in [1.29, 1.82) is 5.41 Å². The number of ether oxygens (including phenoxy) is 1. The quantitative estimate of drug-likeness (QED) is 0.613. The normalized spacial score (nSPS) is 20.5. The molecule has 33 heavy (non-hydrogen) atoms. The van der Waals surface area contributed by atoms with Crippen molar-refractivity contribution in [3.8, 4) is 17.0 Å². The van der Waals surface area contributed by atoms with Gasteiger partial charge in [0.15, 0.2) is 5.82 Å². The number of nitrogens with zero attached hydrogens (tertiary/aromatic N) is 2. The van der Waals surface area contributed by atoms with Crippen LogP contribution >= 0.6 is 0 Å². The molecule has 0 aromatic carbocycles. The van der Waals surface area contributed by atoms with E-state index in [2.05, 4.69) is 29.9 Å². The Hall–Kier alpha value is -3.12. The molecule has 0 amide bonds. The van der Waals surface area contributed by atoms with Gasteiger partial charge in [-0.15, -0.1) is 0 Å². The van der Waals surface area contributed by atoms with Gasteiger partial charge >= 0.3 is 0 Å². The minimum absolute atomic E-state index is 0.248. The van der Waals surface area contributed by atoms with Crippen LogP contribution in [0.1, 0.15) is 48.4 Å². The van der Waals surface area contributed by atoms with Crippen molar-refractivity contribution in [1.82, 2.24) is 15.3 Å². The van der Waals surface area contributed by atoms with E-state index >= 15 is 0 Å². The van der Waals surface area contributed by atoms with Gasteiger partial charge in [-0.3, -0.25) is 4.98 Å². The number of aromatic nitrogens is 2. The first kappa shape index (κ1) is 21.7. The molecule has 5 nitrogen and oxygen atoms in total. The Morgan fingerprint density at radius 1 is 1.30 bits per heavy atom. The van der Waals surface area contributed by atoms with E-state index in [1.807, 2.05) is 19.1 Å². The van der Waals surface area contributed by atoms with Crippen LogP contribution in [0.3, 0.4) is 0 Å². The number of pyridine rings is 2. The van der Waals surface area contributed by atoms with Crippen molar-refractivity contribution in [3.63, 3.8) is 0 Å². The van der Waals surface area contributed by atoms with Crippen LogP contribution in [-0.2, 0) is 0 Å². The van der Waals surface area contributed by atoms with E-state index in [1.165, 1.54) is 19.0 Å². The molecule has 2 aliphatic carbocycles. The summed E-state index contributed by atoms with van der Waals surface area (Å²) in [5.74, 6) is 1.42. The molecule has 5 rings (SSSR count). The molecule has 0 saturated heterocycles. The number of allylic oxidation sites excluding steroid dienone is 3. The Morgan fingerprint density at radius 3 is 2.85 bits per heavy atom. The average Bonchev–Trinajstić information content (AvgIpc) is 3.56. The lowest BCUT2D eigenvalue weighted by Gasteiger charge is -2.21.